The Labute approximate surface area is 58.1 Å². The normalized spacial score (nSPS) is 18.0. The highest BCUT2D eigenvalue weighted by molar-refractivity contribution is 4.59. The van der Waals surface area contributed by atoms with E-state index in [1.807, 2.05) is 0 Å². The Bertz CT molecular complexity index is 67.0. The van der Waals surface area contributed by atoms with Crippen LogP contribution in [0.2, 0.25) is 0 Å². The van der Waals surface area contributed by atoms with E-state index in [1.54, 1.807) is 6.92 Å². The van der Waals surface area contributed by atoms with Crippen LogP contribution in [-0.2, 0) is 5.11 Å². The Kier molecular flexibility index (Phi) is 3.87. The van der Waals surface area contributed by atoms with E-state index >= 15 is 0 Å². The molecule has 0 fully saturated rings. The smallest absolute Gasteiger partial charge is 0.0904 e. The molecule has 0 saturated heterocycles. The molecular formula is C8H17O. The molecule has 0 bridgehead atoms. The Balaban J connectivity index is 3.38. The highest BCUT2D eigenvalue weighted by atomic mass is 16.3. The van der Waals surface area contributed by atoms with Crippen molar-refractivity contribution in [3.63, 3.8) is 0 Å². The van der Waals surface area contributed by atoms with Crippen LogP contribution >= 0.6 is 0 Å². The van der Waals surface area contributed by atoms with Crippen LogP contribution in [0.4, 0.5) is 0 Å². The highest BCUT2D eigenvalue weighted by Gasteiger charge is 2.09. The summed E-state index contributed by atoms with van der Waals surface area (Å²) in [6.07, 6.45) is 0.430. The minimum Gasteiger partial charge on any atom is -0.233 e. The minimum absolute atomic E-state index is 0.387. The van der Waals surface area contributed by atoms with Gasteiger partial charge in [0.2, 0.25) is 0 Å². The zero-order valence-electron chi connectivity index (χ0n) is 6.85. The molecule has 0 aromatic carbocycles. The van der Waals surface area contributed by atoms with Crippen LogP contribution in [0.3, 0.4) is 0 Å². The molecule has 55 valence electrons. The Morgan fingerprint density at radius 1 is 1.11 bits per heavy atom. The predicted molar refractivity (Wildman–Crippen MR) is 38.8 cm³/mol. The fourth-order valence-corrected chi connectivity index (χ4v) is 0.796. The first-order valence-electron chi connectivity index (χ1n) is 3.69. The van der Waals surface area contributed by atoms with E-state index in [1.165, 1.54) is 0 Å². The quantitative estimate of drug-likeness (QED) is 0.558. The van der Waals surface area contributed by atoms with Gasteiger partial charge in [-0.05, 0) is 25.2 Å². The summed E-state index contributed by atoms with van der Waals surface area (Å²) in [5, 5.41) is 10.6. The van der Waals surface area contributed by atoms with Crippen molar-refractivity contribution in [3.05, 3.63) is 0 Å². The Morgan fingerprint density at radius 3 is 1.67 bits per heavy atom. The average molecular weight is 129 g/mol. The largest absolute Gasteiger partial charge is 0.233 e. The molecule has 0 spiro atoms. The van der Waals surface area contributed by atoms with Gasteiger partial charge in [0, 0.05) is 0 Å². The summed E-state index contributed by atoms with van der Waals surface area (Å²) in [4.78, 5) is 0. The molecule has 0 aromatic heterocycles. The first-order valence-corrected chi connectivity index (χ1v) is 3.69. The molecule has 0 N–H and O–H groups in total. The summed E-state index contributed by atoms with van der Waals surface area (Å²) in [6.45, 7) is 8.19. The Morgan fingerprint density at radius 2 is 1.56 bits per heavy atom. The topological polar surface area (TPSA) is 19.9 Å². The SMILES string of the molecule is CC([O])CC(C)C(C)C. The summed E-state index contributed by atoms with van der Waals surface area (Å²) in [5.74, 6) is 1.24. The van der Waals surface area contributed by atoms with Crippen molar-refractivity contribution in [1.82, 2.24) is 0 Å². The number of hydrogen-bond donors (Lipinski definition) is 0. The molecule has 0 rings (SSSR count). The summed E-state index contributed by atoms with van der Waals surface area (Å²) in [6, 6.07) is 0. The second-order valence-corrected chi connectivity index (χ2v) is 3.27. The van der Waals surface area contributed by atoms with E-state index in [4.69, 9.17) is 0 Å². The zero-order chi connectivity index (χ0) is 7.44. The highest BCUT2D eigenvalue weighted by Crippen LogP contribution is 2.15. The third-order valence-electron chi connectivity index (χ3n) is 1.84. The fraction of sp³-hybridized carbons (Fsp3) is 1.00. The molecule has 0 aliphatic heterocycles. The molecule has 0 aromatic rings. The monoisotopic (exact) mass is 129 g/mol. The first-order chi connectivity index (χ1) is 4.04. The molecule has 1 nitrogen and oxygen atoms in total. The van der Waals surface area contributed by atoms with Crippen molar-refractivity contribution in [2.45, 2.75) is 40.2 Å². The van der Waals surface area contributed by atoms with Gasteiger partial charge in [-0.1, -0.05) is 20.8 Å². The van der Waals surface area contributed by atoms with Crippen LogP contribution in [0.1, 0.15) is 34.1 Å². The summed E-state index contributed by atoms with van der Waals surface area (Å²) >= 11 is 0. The molecule has 2 unspecified atom stereocenters. The molecule has 1 radical (unpaired) electrons. The number of hydrogen-bond acceptors (Lipinski definition) is 0. The molecule has 0 aliphatic rings. The third-order valence-corrected chi connectivity index (χ3v) is 1.84. The average Bonchev–Trinajstić information content (AvgIpc) is 1.63. The van der Waals surface area contributed by atoms with Crippen LogP contribution in [0.25, 0.3) is 0 Å². The van der Waals surface area contributed by atoms with Crippen molar-refractivity contribution in [2.24, 2.45) is 11.8 Å². The fourth-order valence-electron chi connectivity index (χ4n) is 0.796. The maximum atomic E-state index is 10.6. The summed E-state index contributed by atoms with van der Waals surface area (Å²) in [7, 11) is 0. The van der Waals surface area contributed by atoms with Crippen LogP contribution in [0.15, 0.2) is 0 Å². The maximum absolute atomic E-state index is 10.6. The van der Waals surface area contributed by atoms with Crippen molar-refractivity contribution < 1.29 is 5.11 Å². The van der Waals surface area contributed by atoms with Gasteiger partial charge in [0.1, 0.15) is 0 Å². The van der Waals surface area contributed by atoms with Gasteiger partial charge in [-0.25, -0.2) is 5.11 Å². The van der Waals surface area contributed by atoms with E-state index in [9.17, 15) is 5.11 Å². The van der Waals surface area contributed by atoms with Crippen molar-refractivity contribution >= 4 is 0 Å². The van der Waals surface area contributed by atoms with Crippen molar-refractivity contribution in [1.29, 1.82) is 0 Å². The van der Waals surface area contributed by atoms with Gasteiger partial charge in [0.05, 0.1) is 6.10 Å². The maximum Gasteiger partial charge on any atom is 0.0904 e. The summed E-state index contributed by atoms with van der Waals surface area (Å²) < 4.78 is 0. The predicted octanol–water partition coefficient (Wildman–Crippen LogP) is 2.49. The van der Waals surface area contributed by atoms with E-state index in [-0.39, 0.29) is 6.10 Å². The van der Waals surface area contributed by atoms with Gasteiger partial charge in [-0.3, -0.25) is 0 Å². The third kappa shape index (κ3) is 4.46. The van der Waals surface area contributed by atoms with E-state index in [0.29, 0.717) is 11.8 Å². The van der Waals surface area contributed by atoms with Crippen LogP contribution in [0.5, 0.6) is 0 Å². The lowest BCUT2D eigenvalue weighted by atomic mass is 9.93. The standard InChI is InChI=1S/C8H17O/c1-6(2)7(3)5-8(4)9/h6-8H,5H2,1-4H3. The molecule has 2 atom stereocenters. The van der Waals surface area contributed by atoms with E-state index < -0.39 is 0 Å². The lowest BCUT2D eigenvalue weighted by molar-refractivity contribution is 0.0769. The van der Waals surface area contributed by atoms with Gasteiger partial charge >= 0.3 is 0 Å². The van der Waals surface area contributed by atoms with Gasteiger partial charge in [-0.2, -0.15) is 0 Å². The van der Waals surface area contributed by atoms with Crippen LogP contribution in [-0.4, -0.2) is 6.10 Å². The van der Waals surface area contributed by atoms with Crippen molar-refractivity contribution in [3.8, 4) is 0 Å². The number of rotatable bonds is 3. The molecule has 0 heterocycles. The summed E-state index contributed by atoms with van der Waals surface area (Å²) in [5.41, 5.74) is 0. The first kappa shape index (κ1) is 8.96. The lowest BCUT2D eigenvalue weighted by Gasteiger charge is -2.15. The van der Waals surface area contributed by atoms with Gasteiger partial charge in [-0.15, -0.1) is 0 Å². The van der Waals surface area contributed by atoms with Gasteiger partial charge < -0.3 is 0 Å². The lowest BCUT2D eigenvalue weighted by Crippen LogP contribution is -2.10. The molecule has 9 heavy (non-hydrogen) atoms. The van der Waals surface area contributed by atoms with Crippen LogP contribution in [0, 0.1) is 11.8 Å². The van der Waals surface area contributed by atoms with Gasteiger partial charge in [0.15, 0.2) is 0 Å². The molecule has 1 heteroatoms. The minimum atomic E-state index is -0.387. The van der Waals surface area contributed by atoms with E-state index in [0.717, 1.165) is 6.42 Å². The zero-order valence-corrected chi connectivity index (χ0v) is 6.85. The second-order valence-electron chi connectivity index (χ2n) is 3.27. The van der Waals surface area contributed by atoms with Crippen LogP contribution < -0.4 is 0 Å². The second kappa shape index (κ2) is 3.89. The van der Waals surface area contributed by atoms with Crippen molar-refractivity contribution in [2.75, 3.05) is 0 Å². The van der Waals surface area contributed by atoms with Gasteiger partial charge in [0.25, 0.3) is 0 Å². The Hall–Kier alpha value is -0.0400. The molecule has 0 amide bonds. The van der Waals surface area contributed by atoms with E-state index in [2.05, 4.69) is 20.8 Å². The molecule has 0 aliphatic carbocycles. The molecule has 0 saturated carbocycles. The molecular weight excluding hydrogens is 112 g/mol.